The molecule has 1 saturated heterocycles. The van der Waals surface area contributed by atoms with Crippen molar-refractivity contribution >= 4 is 34.1 Å². The number of unbranched alkanes of at least 4 members (excludes halogenated alkanes) is 3. The predicted molar refractivity (Wildman–Crippen MR) is 178 cm³/mol. The molecular weight excluding hydrogens is 595 g/mol. The summed E-state index contributed by atoms with van der Waals surface area (Å²) >= 11 is 12.4. The van der Waals surface area contributed by atoms with Crippen molar-refractivity contribution in [1.29, 1.82) is 0 Å². The van der Waals surface area contributed by atoms with Gasteiger partial charge in [0, 0.05) is 59.4 Å². The van der Waals surface area contributed by atoms with E-state index >= 15 is 0 Å². The average Bonchev–Trinajstić information content (AvgIpc) is 3.40. The lowest BCUT2D eigenvalue weighted by atomic mass is 9.92. The summed E-state index contributed by atoms with van der Waals surface area (Å²) < 4.78 is 12.1. The highest BCUT2D eigenvalue weighted by Gasteiger charge is 2.36. The molecule has 3 aromatic carbocycles. The molecule has 1 aromatic heterocycles. The number of hydrogen-bond donors (Lipinski definition) is 2. The van der Waals surface area contributed by atoms with E-state index in [0.717, 1.165) is 40.8 Å². The van der Waals surface area contributed by atoms with E-state index in [0.29, 0.717) is 28.9 Å². The fourth-order valence-electron chi connectivity index (χ4n) is 6.38. The summed E-state index contributed by atoms with van der Waals surface area (Å²) in [5, 5.41) is 13.8. The number of likely N-dealkylation sites (N-methyl/N-ethyl adjacent to an activating group) is 1. The van der Waals surface area contributed by atoms with Crippen LogP contribution in [0.4, 0.5) is 0 Å². The molecule has 0 spiro atoms. The first-order chi connectivity index (χ1) is 21.4. The molecule has 2 unspecified atom stereocenters. The topological polar surface area (TPSA) is 64.2 Å². The van der Waals surface area contributed by atoms with Crippen molar-refractivity contribution < 1.29 is 14.6 Å². The molecule has 234 valence electrons. The molecule has 44 heavy (non-hydrogen) atoms. The van der Waals surface area contributed by atoms with E-state index in [1.165, 1.54) is 57.5 Å². The van der Waals surface area contributed by atoms with Crippen LogP contribution in [-0.2, 0) is 6.42 Å². The van der Waals surface area contributed by atoms with E-state index in [-0.39, 0.29) is 6.04 Å². The number of nitrogens with zero attached hydrogens (tertiary/aromatic N) is 3. The van der Waals surface area contributed by atoms with Gasteiger partial charge in [0.2, 0.25) is 0 Å². The van der Waals surface area contributed by atoms with E-state index in [1.54, 1.807) is 24.3 Å². The highest BCUT2D eigenvalue weighted by atomic mass is 35.5. The summed E-state index contributed by atoms with van der Waals surface area (Å²) in [6.45, 7) is 7.28. The molecule has 4 aromatic rings. The second-order valence-corrected chi connectivity index (χ2v) is 12.8. The van der Waals surface area contributed by atoms with Crippen molar-refractivity contribution in [2.24, 2.45) is 0 Å². The van der Waals surface area contributed by atoms with Gasteiger partial charge in [-0.25, -0.2) is 4.90 Å². The van der Waals surface area contributed by atoms with Gasteiger partial charge in [-0.2, -0.15) is 0 Å². The van der Waals surface area contributed by atoms with Crippen LogP contribution in [-0.4, -0.2) is 84.1 Å². The van der Waals surface area contributed by atoms with Crippen LogP contribution in [0.5, 0.6) is 11.5 Å². The lowest BCUT2D eigenvalue weighted by molar-refractivity contribution is -0.150. The second kappa shape index (κ2) is 14.5. The van der Waals surface area contributed by atoms with Crippen molar-refractivity contribution in [3.63, 3.8) is 0 Å². The number of aromatic nitrogens is 1. The van der Waals surface area contributed by atoms with Gasteiger partial charge in [-0.1, -0.05) is 48.2 Å². The Kier molecular flexibility index (Phi) is 10.3. The van der Waals surface area contributed by atoms with Crippen molar-refractivity contribution in [2.75, 3.05) is 52.9 Å². The van der Waals surface area contributed by atoms with Gasteiger partial charge in [0.1, 0.15) is 11.5 Å². The van der Waals surface area contributed by atoms with Gasteiger partial charge in [0.25, 0.3) is 6.41 Å². The van der Waals surface area contributed by atoms with Crippen molar-refractivity contribution in [1.82, 2.24) is 19.7 Å². The highest BCUT2D eigenvalue weighted by molar-refractivity contribution is 6.31. The number of aromatic amines is 1. The molecule has 0 saturated carbocycles. The van der Waals surface area contributed by atoms with Crippen molar-refractivity contribution in [2.45, 2.75) is 44.6 Å². The molecule has 0 radical (unpaired) electrons. The van der Waals surface area contributed by atoms with E-state index in [2.05, 4.69) is 34.0 Å². The molecule has 1 fully saturated rings. The molecular formula is C35H42Cl2N4O3. The SMILES string of the molecule is CN1CCN(CCCCCCOc2ccc(C3c4[nH]c5ccc(Cl)cc5c4CCN3C(O)Oc3ccc(Cl)cc3)cc2)CC1. The summed E-state index contributed by atoms with van der Waals surface area (Å²) in [6, 6.07) is 21.0. The van der Waals surface area contributed by atoms with Gasteiger partial charge in [0.15, 0.2) is 0 Å². The van der Waals surface area contributed by atoms with Gasteiger partial charge in [-0.05, 0) is 98.6 Å². The number of H-pyrrole nitrogens is 1. The van der Waals surface area contributed by atoms with Crippen LogP contribution in [0.25, 0.3) is 10.9 Å². The Hall–Kier alpha value is -2.78. The van der Waals surface area contributed by atoms with Crippen LogP contribution in [0, 0.1) is 0 Å². The molecule has 2 atom stereocenters. The highest BCUT2D eigenvalue weighted by Crippen LogP contribution is 2.40. The number of ether oxygens (including phenoxy) is 2. The summed E-state index contributed by atoms with van der Waals surface area (Å²) in [7, 11) is 2.20. The number of benzene rings is 3. The molecule has 2 N–H and O–H groups in total. The Morgan fingerprint density at radius 1 is 0.841 bits per heavy atom. The lowest BCUT2D eigenvalue weighted by Crippen LogP contribution is -2.46. The number of piperazine rings is 1. The maximum Gasteiger partial charge on any atom is 0.260 e. The Bertz CT molecular complexity index is 1500. The Morgan fingerprint density at radius 2 is 1.55 bits per heavy atom. The van der Waals surface area contributed by atoms with Crippen molar-refractivity contribution in [3.8, 4) is 11.5 Å². The Balaban J connectivity index is 1.10. The minimum absolute atomic E-state index is 0.249. The minimum atomic E-state index is -1.16. The van der Waals surface area contributed by atoms with Gasteiger partial charge in [0.05, 0.1) is 12.6 Å². The first-order valence-corrected chi connectivity index (χ1v) is 16.5. The van der Waals surface area contributed by atoms with Gasteiger partial charge in [-0.3, -0.25) is 0 Å². The maximum absolute atomic E-state index is 11.3. The minimum Gasteiger partial charge on any atom is -0.494 e. The van der Waals surface area contributed by atoms with E-state index in [4.69, 9.17) is 32.7 Å². The first-order valence-electron chi connectivity index (χ1n) is 15.7. The van der Waals surface area contributed by atoms with Crippen LogP contribution < -0.4 is 9.47 Å². The summed E-state index contributed by atoms with van der Waals surface area (Å²) in [4.78, 5) is 10.6. The molecule has 0 aliphatic carbocycles. The zero-order chi connectivity index (χ0) is 30.5. The number of nitrogens with one attached hydrogen (secondary N) is 1. The van der Waals surface area contributed by atoms with E-state index in [9.17, 15) is 5.11 Å². The van der Waals surface area contributed by atoms with Crippen LogP contribution in [0.1, 0.15) is 48.5 Å². The standard InChI is InChI=1S/C35H42Cl2N4O3/c1-39-19-21-40(22-20-39)17-4-2-3-5-23-43-28-11-6-25(7-12-28)34-33-30(31-24-27(37)10-15-32(31)38-33)16-18-41(34)35(42)44-29-13-8-26(36)9-14-29/h6-15,24,34-35,38,42H,2-5,16-23H2,1H3. The fourth-order valence-corrected chi connectivity index (χ4v) is 6.67. The molecule has 6 rings (SSSR count). The molecule has 0 bridgehead atoms. The zero-order valence-electron chi connectivity index (χ0n) is 25.4. The van der Waals surface area contributed by atoms with Crippen LogP contribution in [0.2, 0.25) is 10.0 Å². The smallest absolute Gasteiger partial charge is 0.260 e. The van der Waals surface area contributed by atoms with Crippen LogP contribution >= 0.6 is 23.2 Å². The normalized spacial score (nSPS) is 18.8. The summed E-state index contributed by atoms with van der Waals surface area (Å²) in [5.74, 6) is 1.41. The Labute approximate surface area is 270 Å². The van der Waals surface area contributed by atoms with Gasteiger partial charge < -0.3 is 29.4 Å². The second-order valence-electron chi connectivity index (χ2n) is 12.0. The Morgan fingerprint density at radius 3 is 2.32 bits per heavy atom. The molecule has 2 aliphatic rings. The number of fused-ring (bicyclic) bond motifs is 3. The molecule has 7 nitrogen and oxygen atoms in total. The van der Waals surface area contributed by atoms with E-state index in [1.807, 2.05) is 35.2 Å². The lowest BCUT2D eigenvalue weighted by Gasteiger charge is -2.38. The van der Waals surface area contributed by atoms with E-state index < -0.39 is 6.41 Å². The maximum atomic E-state index is 11.3. The number of hydrogen-bond acceptors (Lipinski definition) is 6. The first kappa shape index (κ1) is 31.2. The third-order valence-corrected chi connectivity index (χ3v) is 9.38. The third-order valence-electron chi connectivity index (χ3n) is 8.89. The van der Waals surface area contributed by atoms with Gasteiger partial charge >= 0.3 is 0 Å². The zero-order valence-corrected chi connectivity index (χ0v) is 26.9. The number of aliphatic hydroxyl groups excluding tert-OH is 1. The number of halogens is 2. The van der Waals surface area contributed by atoms with Crippen molar-refractivity contribution in [3.05, 3.63) is 93.6 Å². The number of aliphatic hydroxyl groups is 1. The summed E-state index contributed by atoms with van der Waals surface area (Å²) in [6.07, 6.45) is 4.33. The summed E-state index contributed by atoms with van der Waals surface area (Å²) in [5.41, 5.74) is 4.33. The van der Waals surface area contributed by atoms with Gasteiger partial charge in [-0.15, -0.1) is 0 Å². The molecule has 2 aliphatic heterocycles. The quantitative estimate of drug-likeness (QED) is 0.129. The number of rotatable bonds is 12. The predicted octanol–water partition coefficient (Wildman–Crippen LogP) is 6.96. The largest absolute Gasteiger partial charge is 0.494 e. The fraction of sp³-hybridized carbons (Fsp3) is 0.429. The third kappa shape index (κ3) is 7.53. The average molecular weight is 638 g/mol. The molecule has 9 heteroatoms. The monoisotopic (exact) mass is 636 g/mol. The molecule has 0 amide bonds. The van der Waals surface area contributed by atoms with Crippen LogP contribution in [0.15, 0.2) is 66.7 Å². The van der Waals surface area contributed by atoms with Crippen LogP contribution in [0.3, 0.4) is 0 Å². The molecule has 3 heterocycles.